The number of aromatic hydroxyl groups is 1. The lowest BCUT2D eigenvalue weighted by molar-refractivity contribution is -0.141. The van der Waals surface area contributed by atoms with Gasteiger partial charge in [0.1, 0.15) is 17.9 Å². The summed E-state index contributed by atoms with van der Waals surface area (Å²) in [6.45, 7) is 1.02. The molecule has 3 rings (SSSR count). The summed E-state index contributed by atoms with van der Waals surface area (Å²) in [5.41, 5.74) is 0.387. The number of esters is 1. The van der Waals surface area contributed by atoms with E-state index in [0.717, 1.165) is 9.95 Å². The van der Waals surface area contributed by atoms with Crippen molar-refractivity contribution in [3.05, 3.63) is 65.0 Å². The number of hydrogen-bond acceptors (Lipinski definition) is 4. The number of ketones is 1. The first-order chi connectivity index (χ1) is 13.6. The van der Waals surface area contributed by atoms with Gasteiger partial charge in [-0.2, -0.15) is 13.2 Å². The van der Waals surface area contributed by atoms with Crippen molar-refractivity contribution in [3.63, 3.8) is 0 Å². The van der Waals surface area contributed by atoms with Crippen LogP contribution in [-0.2, 0) is 11.3 Å². The van der Waals surface area contributed by atoms with Crippen LogP contribution >= 0.6 is 0 Å². The number of ether oxygens (including phenoxy) is 1. The normalized spacial score (nSPS) is 11.6. The number of alkyl halides is 3. The van der Waals surface area contributed by atoms with E-state index in [0.29, 0.717) is 5.39 Å². The van der Waals surface area contributed by atoms with Crippen LogP contribution in [0.2, 0.25) is 0 Å². The van der Waals surface area contributed by atoms with Crippen LogP contribution in [0, 0.1) is 13.8 Å². The smallest absolute Gasteiger partial charge is 0.406 e. The van der Waals surface area contributed by atoms with Gasteiger partial charge in [-0.25, -0.2) is 4.79 Å². The van der Waals surface area contributed by atoms with Crippen LogP contribution in [0.15, 0.2) is 42.5 Å². The van der Waals surface area contributed by atoms with Gasteiger partial charge < -0.3 is 14.4 Å². The molecule has 0 saturated carbocycles. The molecule has 0 saturated heterocycles. The summed E-state index contributed by atoms with van der Waals surface area (Å²) in [5.74, 6) is -1.78. The third-order valence-electron chi connectivity index (χ3n) is 4.67. The number of fused-ring (bicyclic) bond motifs is 1. The Morgan fingerprint density at radius 2 is 1.76 bits per heavy atom. The Morgan fingerprint density at radius 1 is 1.07 bits per heavy atom. The lowest BCUT2D eigenvalue weighted by Crippen LogP contribution is -2.20. The van der Waals surface area contributed by atoms with E-state index in [-0.39, 0.29) is 28.3 Å². The molecular weight excluding hydrogens is 387 g/mol. The maximum atomic E-state index is 12.7. The van der Waals surface area contributed by atoms with Crippen molar-refractivity contribution in [3.8, 4) is 5.75 Å². The molecule has 29 heavy (non-hydrogen) atoms. The molecule has 0 bridgehead atoms. The van der Waals surface area contributed by atoms with Crippen LogP contribution < -0.4 is 0 Å². The molecular formula is C21H18F3NO4. The average molecular weight is 405 g/mol. The van der Waals surface area contributed by atoms with Crippen molar-refractivity contribution in [2.45, 2.75) is 26.6 Å². The standard InChI is InChI=1S/C21H18F3NO4/c1-12-9-17(13(2)25(12)11-21(22,23)24)18(26)10-29-20(28)16-8-7-14-5-3-4-6-15(14)19(16)27/h3-9,27H,10-11H2,1-2H3. The molecule has 5 nitrogen and oxygen atoms in total. The van der Waals surface area contributed by atoms with Crippen LogP contribution in [0.3, 0.4) is 0 Å². The topological polar surface area (TPSA) is 68.5 Å². The highest BCUT2D eigenvalue weighted by Gasteiger charge is 2.30. The molecule has 0 aliphatic heterocycles. The van der Waals surface area contributed by atoms with E-state index < -0.39 is 31.1 Å². The highest BCUT2D eigenvalue weighted by Crippen LogP contribution is 2.29. The Balaban J connectivity index is 1.75. The summed E-state index contributed by atoms with van der Waals surface area (Å²) < 4.78 is 44.1. The van der Waals surface area contributed by atoms with Crippen molar-refractivity contribution in [1.29, 1.82) is 0 Å². The second-order valence-electron chi connectivity index (χ2n) is 6.67. The van der Waals surface area contributed by atoms with Gasteiger partial charge in [-0.3, -0.25) is 4.79 Å². The predicted molar refractivity (Wildman–Crippen MR) is 100 cm³/mol. The Morgan fingerprint density at radius 3 is 2.45 bits per heavy atom. The molecule has 152 valence electrons. The van der Waals surface area contributed by atoms with Gasteiger partial charge in [0.15, 0.2) is 6.61 Å². The number of phenolic OH excluding ortho intramolecular Hbond substituents is 1. The molecule has 0 atom stereocenters. The van der Waals surface area contributed by atoms with E-state index in [1.54, 1.807) is 30.3 Å². The largest absolute Gasteiger partial charge is 0.506 e. The highest BCUT2D eigenvalue weighted by molar-refractivity contribution is 6.03. The van der Waals surface area contributed by atoms with E-state index >= 15 is 0 Å². The molecule has 1 aromatic heterocycles. The molecule has 0 unspecified atom stereocenters. The molecule has 0 radical (unpaired) electrons. The number of nitrogens with zero attached hydrogens (tertiary/aromatic N) is 1. The molecule has 2 aromatic carbocycles. The molecule has 0 spiro atoms. The third-order valence-corrected chi connectivity index (χ3v) is 4.67. The maximum Gasteiger partial charge on any atom is 0.406 e. The van der Waals surface area contributed by atoms with Crippen LogP contribution in [0.1, 0.15) is 32.1 Å². The fraction of sp³-hybridized carbons (Fsp3) is 0.238. The summed E-state index contributed by atoms with van der Waals surface area (Å²) in [6, 6.07) is 11.3. The van der Waals surface area contributed by atoms with Gasteiger partial charge in [-0.1, -0.05) is 30.3 Å². The first-order valence-corrected chi connectivity index (χ1v) is 8.73. The molecule has 0 aliphatic carbocycles. The number of carbonyl (C=O) groups is 2. The van der Waals surface area contributed by atoms with Crippen molar-refractivity contribution < 1.29 is 32.6 Å². The number of benzene rings is 2. The molecule has 0 aliphatic rings. The monoisotopic (exact) mass is 405 g/mol. The first kappa shape index (κ1) is 20.4. The highest BCUT2D eigenvalue weighted by atomic mass is 19.4. The van der Waals surface area contributed by atoms with Crippen molar-refractivity contribution >= 4 is 22.5 Å². The van der Waals surface area contributed by atoms with Crippen LogP contribution in [-0.4, -0.2) is 34.2 Å². The summed E-state index contributed by atoms with van der Waals surface area (Å²) >= 11 is 0. The number of carbonyl (C=O) groups excluding carboxylic acids is 2. The number of hydrogen-bond donors (Lipinski definition) is 1. The number of aromatic nitrogens is 1. The molecule has 3 aromatic rings. The van der Waals surface area contributed by atoms with Crippen molar-refractivity contribution in [1.82, 2.24) is 4.57 Å². The van der Waals surface area contributed by atoms with Crippen LogP contribution in [0.25, 0.3) is 10.8 Å². The van der Waals surface area contributed by atoms with Crippen molar-refractivity contribution in [2.24, 2.45) is 0 Å². The summed E-state index contributed by atoms with van der Waals surface area (Å²) in [5, 5.41) is 11.5. The molecule has 8 heteroatoms. The van der Waals surface area contributed by atoms with Crippen LogP contribution in [0.5, 0.6) is 5.75 Å². The van der Waals surface area contributed by atoms with E-state index in [1.807, 2.05) is 0 Å². The minimum absolute atomic E-state index is 0.0577. The number of phenols is 1. The number of halogens is 3. The Bertz CT molecular complexity index is 1100. The Kier molecular flexibility index (Phi) is 5.37. The minimum atomic E-state index is -4.42. The SMILES string of the molecule is Cc1cc(C(=O)COC(=O)c2ccc3ccccc3c2O)c(C)n1CC(F)(F)F. The maximum absolute atomic E-state index is 12.7. The first-order valence-electron chi connectivity index (χ1n) is 8.73. The average Bonchev–Trinajstić information content (AvgIpc) is 2.93. The second-order valence-corrected chi connectivity index (χ2v) is 6.67. The van der Waals surface area contributed by atoms with Gasteiger partial charge in [0, 0.05) is 22.3 Å². The van der Waals surface area contributed by atoms with Gasteiger partial charge >= 0.3 is 12.1 Å². The number of Topliss-reactive ketones (excluding diaryl/α,β-unsaturated/α-hetero) is 1. The number of rotatable bonds is 5. The van der Waals surface area contributed by atoms with E-state index in [2.05, 4.69) is 0 Å². The zero-order valence-electron chi connectivity index (χ0n) is 15.7. The van der Waals surface area contributed by atoms with Gasteiger partial charge in [-0.05, 0) is 31.4 Å². The lowest BCUT2D eigenvalue weighted by atomic mass is 10.1. The Hall–Kier alpha value is -3.29. The fourth-order valence-electron chi connectivity index (χ4n) is 3.21. The van der Waals surface area contributed by atoms with Gasteiger partial charge in [0.2, 0.25) is 5.78 Å². The van der Waals surface area contributed by atoms with E-state index in [1.165, 1.54) is 26.0 Å². The lowest BCUT2D eigenvalue weighted by Gasteiger charge is -2.12. The zero-order valence-corrected chi connectivity index (χ0v) is 15.7. The molecule has 0 fully saturated rings. The minimum Gasteiger partial charge on any atom is -0.506 e. The Labute approximate surface area is 164 Å². The number of aryl methyl sites for hydroxylation is 1. The van der Waals surface area contributed by atoms with Gasteiger partial charge in [0.25, 0.3) is 0 Å². The summed E-state index contributed by atoms with van der Waals surface area (Å²) in [7, 11) is 0. The second kappa shape index (κ2) is 7.62. The van der Waals surface area contributed by atoms with Gasteiger partial charge in [-0.15, -0.1) is 0 Å². The fourth-order valence-corrected chi connectivity index (χ4v) is 3.21. The quantitative estimate of drug-likeness (QED) is 0.499. The zero-order chi connectivity index (χ0) is 21.3. The summed E-state index contributed by atoms with van der Waals surface area (Å²) in [6.07, 6.45) is -4.42. The predicted octanol–water partition coefficient (Wildman–Crippen LogP) is 4.57. The van der Waals surface area contributed by atoms with E-state index in [4.69, 9.17) is 4.74 Å². The third kappa shape index (κ3) is 4.26. The van der Waals surface area contributed by atoms with Gasteiger partial charge in [0.05, 0.1) is 0 Å². The molecule has 0 amide bonds. The molecule has 1 heterocycles. The van der Waals surface area contributed by atoms with E-state index in [9.17, 15) is 27.9 Å². The molecule has 1 N–H and O–H groups in total. The van der Waals surface area contributed by atoms with Crippen LogP contribution in [0.4, 0.5) is 13.2 Å². The van der Waals surface area contributed by atoms with Crippen molar-refractivity contribution in [2.75, 3.05) is 6.61 Å². The summed E-state index contributed by atoms with van der Waals surface area (Å²) in [4.78, 5) is 24.7.